The van der Waals surface area contributed by atoms with Crippen LogP contribution in [0, 0.1) is 10.8 Å². The van der Waals surface area contributed by atoms with Crippen molar-refractivity contribution < 1.29 is 37.6 Å². The molecule has 0 fully saturated rings. The summed E-state index contributed by atoms with van der Waals surface area (Å²) in [5, 5.41) is 32.2. The van der Waals surface area contributed by atoms with E-state index in [1.54, 1.807) is 62.4 Å². The third kappa shape index (κ3) is 10.1. The second-order valence-electron chi connectivity index (χ2n) is 9.79. The molecule has 0 unspecified atom stereocenters. The van der Waals surface area contributed by atoms with E-state index in [1.807, 2.05) is 0 Å². The summed E-state index contributed by atoms with van der Waals surface area (Å²) in [6, 6.07) is 17.3. The van der Waals surface area contributed by atoms with Gasteiger partial charge in [0, 0.05) is 40.9 Å². The molecule has 41 heavy (non-hydrogen) atoms. The van der Waals surface area contributed by atoms with Crippen LogP contribution in [-0.4, -0.2) is 66.2 Å². The number of hydrogen-bond acceptors (Lipinski definition) is 7. The van der Waals surface area contributed by atoms with Crippen molar-refractivity contribution in [3.63, 3.8) is 0 Å². The molecule has 0 aliphatic rings. The zero-order valence-corrected chi connectivity index (χ0v) is 23.5. The van der Waals surface area contributed by atoms with Gasteiger partial charge >= 0.3 is 5.97 Å². The molecule has 2 amide bonds. The Labute approximate surface area is 237 Å². The first-order valence-electron chi connectivity index (χ1n) is 12.1. The fraction of sp³-hybridized carbons (Fsp3) is 0.214. The smallest absolute Gasteiger partial charge is 0.336 e. The minimum atomic E-state index is -3.67. The van der Waals surface area contributed by atoms with Crippen LogP contribution in [0.3, 0.4) is 0 Å². The number of carboxylic acids is 1. The molecule has 0 radical (unpaired) electrons. The zero-order valence-electron chi connectivity index (χ0n) is 22.6. The molecule has 0 saturated heterocycles. The van der Waals surface area contributed by atoms with Crippen molar-refractivity contribution in [2.75, 3.05) is 24.7 Å². The summed E-state index contributed by atoms with van der Waals surface area (Å²) < 4.78 is 25.9. The number of carbonyl (C=O) groups is 3. The zero-order chi connectivity index (χ0) is 31.0. The molecule has 0 aliphatic heterocycles. The number of hydrogen-bond donors (Lipinski definition) is 7. The molecule has 0 spiro atoms. The van der Waals surface area contributed by atoms with Crippen LogP contribution in [0.1, 0.15) is 50.5 Å². The highest BCUT2D eigenvalue weighted by Gasteiger charge is 2.22. The number of anilines is 1. The highest BCUT2D eigenvalue weighted by Crippen LogP contribution is 2.29. The summed E-state index contributed by atoms with van der Waals surface area (Å²) in [6.07, 6.45) is 0.715. The van der Waals surface area contributed by atoms with Crippen LogP contribution in [0.15, 0.2) is 66.7 Å². The summed E-state index contributed by atoms with van der Waals surface area (Å²) in [7, 11) is -3.67. The van der Waals surface area contributed by atoms with Gasteiger partial charge in [0.15, 0.2) is 0 Å². The topological polar surface area (TPSA) is 220 Å². The van der Waals surface area contributed by atoms with Gasteiger partial charge in [-0.2, -0.15) is 8.42 Å². The number of rotatable bonds is 9. The first kappa shape index (κ1) is 32.6. The molecule has 0 atom stereocenters. The van der Waals surface area contributed by atoms with E-state index in [-0.39, 0.29) is 41.2 Å². The first-order valence-corrected chi connectivity index (χ1v) is 13.9. The van der Waals surface area contributed by atoms with Gasteiger partial charge < -0.3 is 26.6 Å². The Kier molecular flexibility index (Phi) is 10.9. The number of carboxylic acid groups (broad SMARTS) is 1. The van der Waals surface area contributed by atoms with E-state index in [0.29, 0.717) is 23.1 Å². The number of benzene rings is 3. The van der Waals surface area contributed by atoms with Crippen molar-refractivity contribution in [2.24, 2.45) is 11.1 Å². The number of amides is 2. The Bertz CT molecular complexity index is 1540. The lowest BCUT2D eigenvalue weighted by atomic mass is 9.92. The molecule has 12 nitrogen and oxygen atoms in total. The molecular formula is C28H32N4O8S. The summed E-state index contributed by atoms with van der Waals surface area (Å²) in [6.45, 7) is 3.67. The first-order chi connectivity index (χ1) is 19.0. The van der Waals surface area contributed by atoms with Gasteiger partial charge in [0.1, 0.15) is 5.84 Å². The molecule has 13 heteroatoms. The average molecular weight is 585 g/mol. The lowest BCUT2D eigenvalue weighted by Crippen LogP contribution is -2.36. The lowest BCUT2D eigenvalue weighted by molar-refractivity contribution is 0.0697. The van der Waals surface area contributed by atoms with Crippen molar-refractivity contribution in [3.05, 3.63) is 89.0 Å². The van der Waals surface area contributed by atoms with Crippen LogP contribution >= 0.6 is 0 Å². The normalized spacial score (nSPS) is 11.0. The van der Waals surface area contributed by atoms with Crippen LogP contribution in [-0.2, 0) is 10.1 Å². The number of nitrogens with one attached hydrogen (secondary N) is 3. The molecule has 0 aromatic heterocycles. The predicted molar refractivity (Wildman–Crippen MR) is 155 cm³/mol. The molecule has 218 valence electrons. The van der Waals surface area contributed by atoms with E-state index in [1.165, 1.54) is 18.2 Å². The average Bonchev–Trinajstić information content (AvgIpc) is 2.90. The largest absolute Gasteiger partial charge is 0.478 e. The summed E-state index contributed by atoms with van der Waals surface area (Å²) in [5.74, 6) is -2.25. The highest BCUT2D eigenvalue weighted by molar-refractivity contribution is 7.85. The number of nitrogens with two attached hydrogens (primary N) is 1. The Morgan fingerprint density at radius 1 is 0.902 bits per heavy atom. The number of nitrogen functional groups attached to an aromatic ring is 1. The molecule has 0 aliphatic carbocycles. The van der Waals surface area contributed by atoms with Gasteiger partial charge in [0.2, 0.25) is 0 Å². The number of carbonyl (C=O) groups excluding carboxylic acids is 2. The van der Waals surface area contributed by atoms with E-state index in [0.717, 1.165) is 0 Å². The Morgan fingerprint density at radius 3 is 1.98 bits per heavy atom. The quantitative estimate of drug-likeness (QED) is 0.111. The Hall–Kier alpha value is -4.59. The summed E-state index contributed by atoms with van der Waals surface area (Å²) >= 11 is 0. The second-order valence-corrected chi connectivity index (χ2v) is 11.3. The van der Waals surface area contributed by atoms with Crippen molar-refractivity contribution >= 4 is 39.4 Å². The molecular weight excluding hydrogens is 552 g/mol. The van der Waals surface area contributed by atoms with Crippen LogP contribution in [0.5, 0.6) is 0 Å². The predicted octanol–water partition coefficient (Wildman–Crippen LogP) is 2.84. The van der Waals surface area contributed by atoms with E-state index in [2.05, 4.69) is 10.6 Å². The fourth-order valence-corrected chi connectivity index (χ4v) is 3.42. The minimum absolute atomic E-state index is 0.0892. The monoisotopic (exact) mass is 584 g/mol. The van der Waals surface area contributed by atoms with E-state index in [9.17, 15) is 33.0 Å². The molecule has 0 heterocycles. The lowest BCUT2D eigenvalue weighted by Gasteiger charge is -2.22. The molecule has 0 bridgehead atoms. The molecule has 3 aromatic rings. The van der Waals surface area contributed by atoms with E-state index >= 15 is 0 Å². The molecule has 3 aromatic carbocycles. The van der Waals surface area contributed by atoms with Gasteiger partial charge in [0.05, 0.1) is 11.8 Å². The maximum Gasteiger partial charge on any atom is 0.336 e. The maximum atomic E-state index is 13.1. The maximum absolute atomic E-state index is 13.1. The number of aromatic carboxylic acids is 1. The molecule has 0 saturated carbocycles. The second kappa shape index (κ2) is 13.7. The van der Waals surface area contributed by atoms with Crippen LogP contribution in [0.2, 0.25) is 0 Å². The third-order valence-electron chi connectivity index (χ3n) is 5.58. The van der Waals surface area contributed by atoms with Crippen LogP contribution < -0.4 is 16.4 Å². The highest BCUT2D eigenvalue weighted by atomic mass is 32.2. The van der Waals surface area contributed by atoms with Crippen molar-refractivity contribution in [1.82, 2.24) is 5.32 Å². The van der Waals surface area contributed by atoms with Gasteiger partial charge in [-0.05, 0) is 53.6 Å². The van der Waals surface area contributed by atoms with Crippen molar-refractivity contribution in [3.8, 4) is 11.1 Å². The fourth-order valence-electron chi connectivity index (χ4n) is 3.42. The number of aliphatic hydroxyl groups excluding tert-OH is 1. The Morgan fingerprint density at radius 2 is 1.44 bits per heavy atom. The van der Waals surface area contributed by atoms with Crippen molar-refractivity contribution in [1.29, 1.82) is 5.41 Å². The van der Waals surface area contributed by atoms with Crippen molar-refractivity contribution in [2.45, 2.75) is 13.8 Å². The molecule has 8 N–H and O–H groups in total. The summed E-state index contributed by atoms with van der Waals surface area (Å²) in [5.41, 5.74) is 6.88. The SMILES string of the molecule is CC(C)(CO)CNC(=O)c1ccc(-c2ccccc2C(=O)Nc2ccc(C(=N)N)cc2)c(C(=O)O)c1.CS(=O)(=O)O. The van der Waals surface area contributed by atoms with Gasteiger partial charge in [0.25, 0.3) is 21.9 Å². The van der Waals surface area contributed by atoms with Gasteiger partial charge in [-0.3, -0.25) is 19.6 Å². The number of aliphatic hydroxyl groups is 1. The van der Waals surface area contributed by atoms with E-state index in [4.69, 9.17) is 15.7 Å². The van der Waals surface area contributed by atoms with Crippen LogP contribution in [0.4, 0.5) is 5.69 Å². The summed E-state index contributed by atoms with van der Waals surface area (Å²) in [4.78, 5) is 37.8. The Balaban J connectivity index is 0.00000108. The number of amidine groups is 1. The molecule has 3 rings (SSSR count). The van der Waals surface area contributed by atoms with Gasteiger partial charge in [-0.15, -0.1) is 0 Å². The minimum Gasteiger partial charge on any atom is -0.478 e. The van der Waals surface area contributed by atoms with Gasteiger partial charge in [-0.25, -0.2) is 4.79 Å². The van der Waals surface area contributed by atoms with Crippen LogP contribution in [0.25, 0.3) is 11.1 Å². The standard InChI is InChI=1S/C27H28N4O5.CH4O3S/c1-27(2,15-32)14-30-24(33)17-9-12-20(22(13-17)26(35)36)19-5-3-4-6-21(19)25(34)31-18-10-7-16(8-11-18)23(28)29;1-5(2,3)4/h3-13,32H,14-15H2,1-2H3,(H3,28,29)(H,30,33)(H,31,34)(H,35,36);1H3,(H,2,3,4). The van der Waals surface area contributed by atoms with E-state index < -0.39 is 33.3 Å². The van der Waals surface area contributed by atoms with Gasteiger partial charge in [-0.1, -0.05) is 38.1 Å². The third-order valence-corrected chi connectivity index (χ3v) is 5.58.